The van der Waals surface area contributed by atoms with Gasteiger partial charge in [0.05, 0.1) is 28.5 Å². The summed E-state index contributed by atoms with van der Waals surface area (Å²) in [6, 6.07) is 14.7. The van der Waals surface area contributed by atoms with Gasteiger partial charge in [-0.05, 0) is 31.2 Å². The van der Waals surface area contributed by atoms with Gasteiger partial charge in [0.15, 0.2) is 0 Å². The summed E-state index contributed by atoms with van der Waals surface area (Å²) in [4.78, 5) is 43.4. The summed E-state index contributed by atoms with van der Waals surface area (Å²) in [5.41, 5.74) is 1.50. The summed E-state index contributed by atoms with van der Waals surface area (Å²) in [5, 5.41) is 3.29. The van der Waals surface area contributed by atoms with Crippen molar-refractivity contribution in [2.45, 2.75) is 33.0 Å². The summed E-state index contributed by atoms with van der Waals surface area (Å²) >= 11 is 0. The van der Waals surface area contributed by atoms with E-state index in [9.17, 15) is 14.4 Å². The first-order valence-electron chi connectivity index (χ1n) is 9.51. The molecule has 1 amide bonds. The highest BCUT2D eigenvalue weighted by atomic mass is 16.2. The van der Waals surface area contributed by atoms with Crippen molar-refractivity contribution in [2.24, 2.45) is 0 Å². The van der Waals surface area contributed by atoms with Crippen molar-refractivity contribution in [3.63, 3.8) is 0 Å². The van der Waals surface area contributed by atoms with E-state index in [1.165, 1.54) is 4.57 Å². The molecule has 8 nitrogen and oxygen atoms in total. The Morgan fingerprint density at radius 3 is 2.55 bits per heavy atom. The minimum Gasteiger partial charge on any atom is -0.349 e. The lowest BCUT2D eigenvalue weighted by atomic mass is 10.2. The van der Waals surface area contributed by atoms with Gasteiger partial charge in [-0.2, -0.15) is 0 Å². The zero-order chi connectivity index (χ0) is 20.4. The van der Waals surface area contributed by atoms with Gasteiger partial charge >= 0.3 is 5.69 Å². The molecule has 148 valence electrons. The summed E-state index contributed by atoms with van der Waals surface area (Å²) < 4.78 is 3.48. The third kappa shape index (κ3) is 3.56. The molecule has 4 rings (SSSR count). The van der Waals surface area contributed by atoms with Gasteiger partial charge in [0, 0.05) is 19.5 Å². The average molecular weight is 391 g/mol. The summed E-state index contributed by atoms with van der Waals surface area (Å²) in [7, 11) is 0. The Bertz CT molecular complexity index is 1320. The highest BCUT2D eigenvalue weighted by Crippen LogP contribution is 2.15. The van der Waals surface area contributed by atoms with Crippen molar-refractivity contribution in [1.82, 2.24) is 24.4 Å². The molecule has 2 aromatic heterocycles. The zero-order valence-corrected chi connectivity index (χ0v) is 16.0. The van der Waals surface area contributed by atoms with Crippen LogP contribution >= 0.6 is 0 Å². The van der Waals surface area contributed by atoms with E-state index in [2.05, 4.69) is 19.9 Å². The minimum absolute atomic E-state index is 0.113. The van der Waals surface area contributed by atoms with Crippen LogP contribution in [0.3, 0.4) is 0 Å². The van der Waals surface area contributed by atoms with Gasteiger partial charge in [0.1, 0.15) is 5.82 Å². The summed E-state index contributed by atoms with van der Waals surface area (Å²) in [5.74, 6) is 0.593. The molecule has 0 fully saturated rings. The number of fused-ring (bicyclic) bond motifs is 2. The van der Waals surface area contributed by atoms with Crippen LogP contribution in [0.5, 0.6) is 0 Å². The molecule has 29 heavy (non-hydrogen) atoms. The van der Waals surface area contributed by atoms with Crippen LogP contribution in [0.25, 0.3) is 21.9 Å². The molecule has 0 atom stereocenters. The van der Waals surface area contributed by atoms with Crippen molar-refractivity contribution < 1.29 is 4.79 Å². The number of carbonyl (C=O) groups is 1. The molecule has 0 bridgehead atoms. The predicted molar refractivity (Wildman–Crippen MR) is 111 cm³/mol. The SMILES string of the molecule is CCn1c(CNC(=O)CCn2c(=O)[nH]c(=O)c3ccccc32)nc2ccccc21. The third-order valence-electron chi connectivity index (χ3n) is 4.96. The van der Waals surface area contributed by atoms with E-state index in [-0.39, 0.29) is 18.9 Å². The van der Waals surface area contributed by atoms with Crippen LogP contribution in [-0.4, -0.2) is 25.0 Å². The van der Waals surface area contributed by atoms with E-state index in [1.807, 2.05) is 31.2 Å². The number of para-hydroxylation sites is 3. The molecule has 0 aliphatic carbocycles. The van der Waals surface area contributed by atoms with Crippen LogP contribution in [0.1, 0.15) is 19.2 Å². The molecule has 0 aliphatic heterocycles. The highest BCUT2D eigenvalue weighted by Gasteiger charge is 2.12. The van der Waals surface area contributed by atoms with E-state index in [1.54, 1.807) is 24.3 Å². The molecule has 0 unspecified atom stereocenters. The fraction of sp³-hybridized carbons (Fsp3) is 0.238. The largest absolute Gasteiger partial charge is 0.349 e. The first-order chi connectivity index (χ1) is 14.1. The number of benzene rings is 2. The lowest BCUT2D eigenvalue weighted by Gasteiger charge is -2.10. The molecule has 0 spiro atoms. The molecule has 2 aromatic carbocycles. The molecule has 8 heteroatoms. The van der Waals surface area contributed by atoms with Gasteiger partial charge in [-0.15, -0.1) is 0 Å². The number of imidazole rings is 1. The Hall–Kier alpha value is -3.68. The number of aromatic amines is 1. The minimum atomic E-state index is -0.519. The maximum atomic E-state index is 12.4. The van der Waals surface area contributed by atoms with Gasteiger partial charge in [0.25, 0.3) is 5.56 Å². The molecule has 0 saturated carbocycles. The van der Waals surface area contributed by atoms with Crippen LogP contribution in [-0.2, 0) is 24.4 Å². The number of nitrogens with one attached hydrogen (secondary N) is 2. The van der Waals surface area contributed by atoms with Crippen molar-refractivity contribution in [3.8, 4) is 0 Å². The number of hydrogen-bond acceptors (Lipinski definition) is 4. The molecule has 2 N–H and O–H groups in total. The topological polar surface area (TPSA) is 102 Å². The Balaban J connectivity index is 1.48. The Kier molecular flexibility index (Phi) is 4.99. The quantitative estimate of drug-likeness (QED) is 0.523. The number of amides is 1. The summed E-state index contributed by atoms with van der Waals surface area (Å²) in [6.07, 6.45) is 0.113. The number of carbonyl (C=O) groups excluding carboxylic acids is 1. The molecule has 0 aliphatic rings. The van der Waals surface area contributed by atoms with Crippen molar-refractivity contribution in [2.75, 3.05) is 0 Å². The molecular formula is C21H21N5O3. The lowest BCUT2D eigenvalue weighted by molar-refractivity contribution is -0.121. The maximum absolute atomic E-state index is 12.4. The van der Waals surface area contributed by atoms with Gasteiger partial charge in [-0.1, -0.05) is 24.3 Å². The fourth-order valence-corrected chi connectivity index (χ4v) is 3.56. The first-order valence-corrected chi connectivity index (χ1v) is 9.51. The van der Waals surface area contributed by atoms with E-state index in [0.29, 0.717) is 17.4 Å². The van der Waals surface area contributed by atoms with Gasteiger partial charge in [-0.3, -0.25) is 19.1 Å². The van der Waals surface area contributed by atoms with Crippen molar-refractivity contribution in [3.05, 3.63) is 75.2 Å². The van der Waals surface area contributed by atoms with E-state index in [0.717, 1.165) is 23.4 Å². The maximum Gasteiger partial charge on any atom is 0.328 e. The zero-order valence-electron chi connectivity index (χ0n) is 16.0. The average Bonchev–Trinajstić information content (AvgIpc) is 3.09. The Morgan fingerprint density at radius 1 is 1.03 bits per heavy atom. The number of aromatic nitrogens is 4. The first kappa shape index (κ1) is 18.7. The fourth-order valence-electron chi connectivity index (χ4n) is 3.56. The second kappa shape index (κ2) is 7.75. The van der Waals surface area contributed by atoms with Crippen LogP contribution in [0.2, 0.25) is 0 Å². The van der Waals surface area contributed by atoms with Crippen molar-refractivity contribution >= 4 is 27.8 Å². The Labute approximate surface area is 165 Å². The van der Waals surface area contributed by atoms with Crippen LogP contribution in [0.15, 0.2) is 58.1 Å². The third-order valence-corrected chi connectivity index (χ3v) is 4.96. The monoisotopic (exact) mass is 391 g/mol. The van der Waals surface area contributed by atoms with E-state index in [4.69, 9.17) is 0 Å². The molecule has 0 saturated heterocycles. The normalized spacial score (nSPS) is 11.2. The van der Waals surface area contributed by atoms with Crippen LogP contribution < -0.4 is 16.6 Å². The number of rotatable bonds is 6. The standard InChI is InChI=1S/C21H21N5O3/c1-2-25-17-10-6-4-8-15(17)23-18(25)13-22-19(27)11-12-26-16-9-5-3-7-14(16)20(28)24-21(26)29/h3-10H,2,11-13H2,1H3,(H,22,27)(H,24,28,29). The predicted octanol–water partition coefficient (Wildman–Crippen LogP) is 1.77. The smallest absolute Gasteiger partial charge is 0.328 e. The molecule has 2 heterocycles. The number of H-pyrrole nitrogens is 1. The molecular weight excluding hydrogens is 370 g/mol. The van der Waals surface area contributed by atoms with E-state index < -0.39 is 11.2 Å². The second-order valence-corrected chi connectivity index (χ2v) is 6.72. The highest BCUT2D eigenvalue weighted by molar-refractivity contribution is 5.79. The van der Waals surface area contributed by atoms with Gasteiger partial charge in [0.2, 0.25) is 5.91 Å². The van der Waals surface area contributed by atoms with Crippen LogP contribution in [0.4, 0.5) is 0 Å². The van der Waals surface area contributed by atoms with E-state index >= 15 is 0 Å². The second-order valence-electron chi connectivity index (χ2n) is 6.72. The number of aryl methyl sites for hydroxylation is 2. The lowest BCUT2D eigenvalue weighted by Crippen LogP contribution is -2.32. The number of hydrogen-bond donors (Lipinski definition) is 2. The van der Waals surface area contributed by atoms with Crippen molar-refractivity contribution in [1.29, 1.82) is 0 Å². The summed E-state index contributed by atoms with van der Waals surface area (Å²) in [6.45, 7) is 3.27. The van der Waals surface area contributed by atoms with Crippen LogP contribution in [0, 0.1) is 0 Å². The molecule has 4 aromatic rings. The number of nitrogens with zero attached hydrogens (tertiary/aromatic N) is 3. The van der Waals surface area contributed by atoms with Gasteiger partial charge in [-0.25, -0.2) is 9.78 Å². The molecule has 0 radical (unpaired) electrons. The van der Waals surface area contributed by atoms with Gasteiger partial charge < -0.3 is 9.88 Å². The Morgan fingerprint density at radius 2 is 1.76 bits per heavy atom.